The lowest BCUT2D eigenvalue weighted by Crippen LogP contribution is -2.25. The molecule has 0 aliphatic heterocycles. The quantitative estimate of drug-likeness (QED) is 0.881. The Hall–Kier alpha value is -0.470. The third-order valence-corrected chi connectivity index (χ3v) is 4.64. The molecule has 2 rings (SSSR count). The third kappa shape index (κ3) is 3.49. The number of benzene rings is 1. The molecule has 17 heavy (non-hydrogen) atoms. The van der Waals surface area contributed by atoms with Crippen LogP contribution in [0.1, 0.15) is 44.2 Å². The molecular formula is C15H22OS. The maximum atomic E-state index is 10.1. The summed E-state index contributed by atoms with van der Waals surface area (Å²) < 4.78 is 0.249. The van der Waals surface area contributed by atoms with Crippen LogP contribution in [0.4, 0.5) is 0 Å². The molecule has 0 spiro atoms. The molecule has 2 heteroatoms. The summed E-state index contributed by atoms with van der Waals surface area (Å²) in [5.41, 5.74) is 2.92. The van der Waals surface area contributed by atoms with Crippen molar-refractivity contribution in [3.63, 3.8) is 0 Å². The fourth-order valence-corrected chi connectivity index (χ4v) is 3.14. The minimum Gasteiger partial charge on any atom is -0.392 e. The minimum absolute atomic E-state index is 0.169. The summed E-state index contributed by atoms with van der Waals surface area (Å²) in [6.07, 6.45) is 1.89. The third-order valence-electron chi connectivity index (χ3n) is 3.23. The summed E-state index contributed by atoms with van der Waals surface area (Å²) in [6.45, 7) is 6.59. The fourth-order valence-electron chi connectivity index (χ4n) is 2.32. The summed E-state index contributed by atoms with van der Waals surface area (Å²) in [7, 11) is 0. The van der Waals surface area contributed by atoms with E-state index >= 15 is 0 Å². The maximum absolute atomic E-state index is 10.1. The largest absolute Gasteiger partial charge is 0.392 e. The maximum Gasteiger partial charge on any atom is 0.0636 e. The van der Waals surface area contributed by atoms with Gasteiger partial charge in [0.15, 0.2) is 0 Å². The molecule has 2 unspecified atom stereocenters. The van der Waals surface area contributed by atoms with Crippen LogP contribution in [0.15, 0.2) is 24.3 Å². The molecule has 0 saturated heterocycles. The number of aliphatic hydroxyl groups is 1. The Morgan fingerprint density at radius 2 is 2.06 bits per heavy atom. The van der Waals surface area contributed by atoms with E-state index < -0.39 is 0 Å². The van der Waals surface area contributed by atoms with Crippen LogP contribution in [-0.4, -0.2) is 21.7 Å². The van der Waals surface area contributed by atoms with E-state index in [0.29, 0.717) is 5.92 Å². The Balaban J connectivity index is 1.80. The highest BCUT2D eigenvalue weighted by Gasteiger charge is 2.27. The second-order valence-corrected chi connectivity index (χ2v) is 7.76. The van der Waals surface area contributed by atoms with E-state index in [1.165, 1.54) is 11.1 Å². The summed E-state index contributed by atoms with van der Waals surface area (Å²) in [4.78, 5) is 0. The highest BCUT2D eigenvalue weighted by Crippen LogP contribution is 2.38. The molecule has 1 aromatic rings. The average molecular weight is 250 g/mol. The molecular weight excluding hydrogens is 228 g/mol. The predicted molar refractivity (Wildman–Crippen MR) is 75.7 cm³/mol. The van der Waals surface area contributed by atoms with Gasteiger partial charge in [-0.2, -0.15) is 11.8 Å². The molecule has 0 amide bonds. The zero-order valence-corrected chi connectivity index (χ0v) is 11.8. The van der Waals surface area contributed by atoms with Crippen molar-refractivity contribution in [2.24, 2.45) is 0 Å². The first kappa shape index (κ1) is 13.0. The Morgan fingerprint density at radius 3 is 2.71 bits per heavy atom. The van der Waals surface area contributed by atoms with Gasteiger partial charge in [0.25, 0.3) is 0 Å². The molecule has 1 aromatic carbocycles. The first-order valence-electron chi connectivity index (χ1n) is 6.35. The van der Waals surface area contributed by atoms with Gasteiger partial charge in [0, 0.05) is 10.5 Å². The van der Waals surface area contributed by atoms with Gasteiger partial charge >= 0.3 is 0 Å². The lowest BCUT2D eigenvalue weighted by Gasteiger charge is -2.32. The van der Waals surface area contributed by atoms with Crippen LogP contribution in [0.3, 0.4) is 0 Å². The summed E-state index contributed by atoms with van der Waals surface area (Å²) in [5.74, 6) is 1.43. The molecule has 2 atom stereocenters. The van der Waals surface area contributed by atoms with E-state index in [9.17, 15) is 5.11 Å². The van der Waals surface area contributed by atoms with E-state index in [2.05, 4.69) is 45.0 Å². The Labute approximate surface area is 109 Å². The van der Waals surface area contributed by atoms with Gasteiger partial charge in [-0.05, 0) is 29.9 Å². The van der Waals surface area contributed by atoms with Gasteiger partial charge in [-0.15, -0.1) is 0 Å². The highest BCUT2D eigenvalue weighted by atomic mass is 32.2. The van der Waals surface area contributed by atoms with Crippen LogP contribution >= 0.6 is 11.8 Å². The van der Waals surface area contributed by atoms with Crippen molar-refractivity contribution in [1.29, 1.82) is 0 Å². The predicted octanol–water partition coefficient (Wildman–Crippen LogP) is 3.61. The van der Waals surface area contributed by atoms with E-state index in [0.717, 1.165) is 18.6 Å². The summed E-state index contributed by atoms with van der Waals surface area (Å²) >= 11 is 1.85. The second kappa shape index (κ2) is 5.03. The molecule has 94 valence electrons. The number of fused-ring (bicyclic) bond motifs is 1. The van der Waals surface area contributed by atoms with Gasteiger partial charge in [0.05, 0.1) is 6.10 Å². The van der Waals surface area contributed by atoms with E-state index in [-0.39, 0.29) is 10.9 Å². The molecule has 1 aliphatic carbocycles. The molecule has 0 radical (unpaired) electrons. The van der Waals surface area contributed by atoms with Crippen molar-refractivity contribution >= 4 is 11.8 Å². The number of thioether (sulfide) groups is 1. The summed E-state index contributed by atoms with van der Waals surface area (Å²) in [5, 5.41) is 10.1. The topological polar surface area (TPSA) is 20.2 Å². The van der Waals surface area contributed by atoms with Crippen LogP contribution < -0.4 is 0 Å². The Morgan fingerprint density at radius 1 is 1.35 bits per heavy atom. The molecule has 1 N–H and O–H groups in total. The number of aliphatic hydroxyl groups excluding tert-OH is 1. The smallest absolute Gasteiger partial charge is 0.0636 e. The van der Waals surface area contributed by atoms with Crippen LogP contribution in [0.5, 0.6) is 0 Å². The fraction of sp³-hybridized carbons (Fsp3) is 0.600. The minimum atomic E-state index is -0.169. The first-order valence-corrected chi connectivity index (χ1v) is 7.34. The Bertz CT molecular complexity index is 381. The standard InChI is InChI=1S/C15H22OS/c1-15(2,3)17-10-13(16)9-12-8-11-6-4-5-7-14(11)12/h4-7,12-13,16H,8-10H2,1-3H3. The van der Waals surface area contributed by atoms with E-state index in [4.69, 9.17) is 0 Å². The zero-order chi connectivity index (χ0) is 12.5. The highest BCUT2D eigenvalue weighted by molar-refractivity contribution is 8.00. The van der Waals surface area contributed by atoms with Gasteiger partial charge in [-0.25, -0.2) is 0 Å². The van der Waals surface area contributed by atoms with Gasteiger partial charge in [-0.1, -0.05) is 45.0 Å². The SMILES string of the molecule is CC(C)(C)SCC(O)CC1Cc2ccccc21. The molecule has 0 heterocycles. The van der Waals surface area contributed by atoms with Gasteiger partial charge in [0.2, 0.25) is 0 Å². The van der Waals surface area contributed by atoms with Crippen LogP contribution in [0.2, 0.25) is 0 Å². The van der Waals surface area contributed by atoms with Crippen molar-refractivity contribution in [3.05, 3.63) is 35.4 Å². The molecule has 1 nitrogen and oxygen atoms in total. The van der Waals surface area contributed by atoms with Crippen molar-refractivity contribution in [2.75, 3.05) is 5.75 Å². The normalized spacial score (nSPS) is 20.6. The van der Waals surface area contributed by atoms with Gasteiger partial charge in [-0.3, -0.25) is 0 Å². The van der Waals surface area contributed by atoms with E-state index in [1.807, 2.05) is 11.8 Å². The summed E-state index contributed by atoms with van der Waals surface area (Å²) in [6, 6.07) is 8.59. The molecule has 0 fully saturated rings. The lowest BCUT2D eigenvalue weighted by molar-refractivity contribution is 0.174. The molecule has 0 aromatic heterocycles. The molecule has 0 saturated carbocycles. The van der Waals surface area contributed by atoms with Crippen molar-refractivity contribution in [3.8, 4) is 0 Å². The second-order valence-electron chi connectivity index (χ2n) is 5.91. The van der Waals surface area contributed by atoms with E-state index in [1.54, 1.807) is 0 Å². The van der Waals surface area contributed by atoms with Crippen LogP contribution in [0, 0.1) is 0 Å². The van der Waals surface area contributed by atoms with Gasteiger partial charge < -0.3 is 5.11 Å². The molecule has 0 bridgehead atoms. The average Bonchev–Trinajstić information content (AvgIpc) is 2.22. The zero-order valence-electron chi connectivity index (χ0n) is 10.9. The van der Waals surface area contributed by atoms with Crippen molar-refractivity contribution < 1.29 is 5.11 Å². The van der Waals surface area contributed by atoms with Crippen LogP contribution in [-0.2, 0) is 6.42 Å². The molecule has 1 aliphatic rings. The van der Waals surface area contributed by atoms with Crippen LogP contribution in [0.25, 0.3) is 0 Å². The van der Waals surface area contributed by atoms with Gasteiger partial charge in [0.1, 0.15) is 0 Å². The van der Waals surface area contributed by atoms with Crippen molar-refractivity contribution in [2.45, 2.75) is 50.4 Å². The monoisotopic (exact) mass is 250 g/mol. The first-order chi connectivity index (χ1) is 7.96. The number of rotatable bonds is 4. The number of hydrogen-bond acceptors (Lipinski definition) is 2. The number of hydrogen-bond donors (Lipinski definition) is 1. The lowest BCUT2D eigenvalue weighted by atomic mass is 9.75. The Kier molecular flexibility index (Phi) is 3.84. The van der Waals surface area contributed by atoms with Crippen molar-refractivity contribution in [1.82, 2.24) is 0 Å².